The number of nitrogens with zero attached hydrogens (tertiary/aromatic N) is 2. The molecular weight excluding hydrogens is 248 g/mol. The van der Waals surface area contributed by atoms with Gasteiger partial charge in [0.2, 0.25) is 0 Å². The number of carboxylic acid groups (broad SMARTS) is 1. The van der Waals surface area contributed by atoms with Crippen molar-refractivity contribution in [3.05, 3.63) is 42.5 Å². The molecule has 3 rings (SSSR count). The highest BCUT2D eigenvalue weighted by Crippen LogP contribution is 2.32. The molecule has 2 heterocycles. The van der Waals surface area contributed by atoms with Crippen LogP contribution in [0.2, 0.25) is 0 Å². The first-order valence-corrected chi connectivity index (χ1v) is 5.85. The monoisotopic (exact) mass is 260 g/mol. The van der Waals surface area contributed by atoms with Gasteiger partial charge in [0.05, 0.1) is 18.4 Å². The minimum Gasteiger partial charge on any atom is -0.486 e. The maximum atomic E-state index is 10.9. The van der Waals surface area contributed by atoms with Crippen LogP contribution >= 0.6 is 0 Å². The van der Waals surface area contributed by atoms with Crippen molar-refractivity contribution in [2.75, 3.05) is 6.61 Å². The summed E-state index contributed by atoms with van der Waals surface area (Å²) in [5, 5.41) is 8.90. The minimum atomic E-state index is -0.980. The number of benzene rings is 1. The third-order valence-corrected chi connectivity index (χ3v) is 2.88. The van der Waals surface area contributed by atoms with Gasteiger partial charge in [-0.25, -0.2) is 9.78 Å². The van der Waals surface area contributed by atoms with Crippen LogP contribution in [0, 0.1) is 0 Å². The van der Waals surface area contributed by atoms with Crippen LogP contribution in [-0.4, -0.2) is 33.3 Å². The molecule has 0 fully saturated rings. The summed E-state index contributed by atoms with van der Waals surface area (Å²) in [6.45, 7) is 1.02. The van der Waals surface area contributed by atoms with Crippen molar-refractivity contribution in [1.82, 2.24) is 9.55 Å². The fourth-order valence-electron chi connectivity index (χ4n) is 1.97. The molecule has 1 aromatic heterocycles. The number of carboxylic acids is 1. The summed E-state index contributed by atoms with van der Waals surface area (Å²) in [5.41, 5.74) is 0.190. The van der Waals surface area contributed by atoms with E-state index < -0.39 is 5.97 Å². The van der Waals surface area contributed by atoms with Crippen LogP contribution in [0.3, 0.4) is 0 Å². The lowest BCUT2D eigenvalue weighted by Crippen LogP contribution is -2.33. The summed E-state index contributed by atoms with van der Waals surface area (Å²) in [6, 6.07) is 4.61. The van der Waals surface area contributed by atoms with Gasteiger partial charge in [-0.3, -0.25) is 0 Å². The number of aromatic carboxylic acids is 1. The van der Waals surface area contributed by atoms with Gasteiger partial charge in [-0.15, -0.1) is 0 Å². The predicted octanol–water partition coefficient (Wildman–Crippen LogP) is 1.42. The second-order valence-electron chi connectivity index (χ2n) is 4.28. The van der Waals surface area contributed by atoms with Crippen LogP contribution < -0.4 is 9.47 Å². The summed E-state index contributed by atoms with van der Waals surface area (Å²) in [7, 11) is 0. The summed E-state index contributed by atoms with van der Waals surface area (Å²) >= 11 is 0. The van der Waals surface area contributed by atoms with E-state index in [2.05, 4.69) is 4.98 Å². The molecule has 0 saturated heterocycles. The second-order valence-corrected chi connectivity index (χ2v) is 4.28. The Balaban J connectivity index is 1.75. The Kier molecular flexibility index (Phi) is 2.83. The Morgan fingerprint density at radius 1 is 1.47 bits per heavy atom. The van der Waals surface area contributed by atoms with Gasteiger partial charge in [-0.2, -0.15) is 0 Å². The molecule has 1 aliphatic heterocycles. The van der Waals surface area contributed by atoms with E-state index in [1.54, 1.807) is 18.6 Å². The van der Waals surface area contributed by atoms with Gasteiger partial charge in [-0.05, 0) is 18.2 Å². The molecule has 0 saturated carbocycles. The lowest BCUT2D eigenvalue weighted by molar-refractivity contribution is 0.0688. The van der Waals surface area contributed by atoms with Crippen LogP contribution in [0.1, 0.15) is 10.4 Å². The van der Waals surface area contributed by atoms with Gasteiger partial charge >= 0.3 is 5.97 Å². The normalized spacial score (nSPS) is 17.2. The minimum absolute atomic E-state index is 0.114. The van der Waals surface area contributed by atoms with Gasteiger partial charge in [0.1, 0.15) is 6.61 Å². The van der Waals surface area contributed by atoms with Crippen LogP contribution in [0.4, 0.5) is 0 Å². The predicted molar refractivity (Wildman–Crippen MR) is 65.5 cm³/mol. The standard InChI is InChI=1S/C13H12N2O4/c16-13(17)9-1-2-11-12(5-9)18-7-10(19-11)6-15-4-3-14-8-15/h1-5,8,10H,6-7H2,(H,16,17). The quantitative estimate of drug-likeness (QED) is 0.903. The van der Waals surface area contributed by atoms with Crippen LogP contribution in [0.25, 0.3) is 0 Å². The Labute approximate surface area is 109 Å². The average molecular weight is 260 g/mol. The van der Waals surface area contributed by atoms with E-state index in [4.69, 9.17) is 14.6 Å². The summed E-state index contributed by atoms with van der Waals surface area (Å²) in [5.74, 6) is 0.0649. The molecule has 0 radical (unpaired) electrons. The molecular formula is C13H12N2O4. The van der Waals surface area contributed by atoms with Crippen molar-refractivity contribution in [1.29, 1.82) is 0 Å². The van der Waals surface area contributed by atoms with Gasteiger partial charge < -0.3 is 19.1 Å². The zero-order valence-electron chi connectivity index (χ0n) is 10.0. The number of carbonyl (C=O) groups is 1. The number of aromatic nitrogens is 2. The molecule has 0 bridgehead atoms. The smallest absolute Gasteiger partial charge is 0.335 e. The number of hydrogen-bond donors (Lipinski definition) is 1. The number of imidazole rings is 1. The second kappa shape index (κ2) is 4.64. The first-order chi connectivity index (χ1) is 9.22. The first-order valence-electron chi connectivity index (χ1n) is 5.85. The van der Waals surface area contributed by atoms with Crippen molar-refractivity contribution < 1.29 is 19.4 Å². The van der Waals surface area contributed by atoms with E-state index in [0.717, 1.165) is 0 Å². The fraction of sp³-hybridized carbons (Fsp3) is 0.231. The molecule has 6 nitrogen and oxygen atoms in total. The number of ether oxygens (including phenoxy) is 2. The molecule has 1 N–H and O–H groups in total. The van der Waals surface area contributed by atoms with Gasteiger partial charge in [-0.1, -0.05) is 0 Å². The summed E-state index contributed by atoms with van der Waals surface area (Å²) in [4.78, 5) is 14.8. The number of hydrogen-bond acceptors (Lipinski definition) is 4. The van der Waals surface area contributed by atoms with Crippen molar-refractivity contribution >= 4 is 5.97 Å². The van der Waals surface area contributed by atoms with E-state index in [9.17, 15) is 4.79 Å². The van der Waals surface area contributed by atoms with E-state index in [-0.39, 0.29) is 11.7 Å². The fourth-order valence-corrected chi connectivity index (χ4v) is 1.97. The Morgan fingerprint density at radius 3 is 3.11 bits per heavy atom. The zero-order chi connectivity index (χ0) is 13.2. The van der Waals surface area contributed by atoms with Crippen LogP contribution in [0.5, 0.6) is 11.5 Å². The van der Waals surface area contributed by atoms with Gasteiger partial charge in [0.25, 0.3) is 0 Å². The Hall–Kier alpha value is -2.50. The molecule has 6 heteroatoms. The molecule has 0 aliphatic carbocycles. The highest BCUT2D eigenvalue weighted by Gasteiger charge is 2.22. The maximum absolute atomic E-state index is 10.9. The molecule has 1 atom stereocenters. The molecule has 0 spiro atoms. The highest BCUT2D eigenvalue weighted by molar-refractivity contribution is 5.88. The van der Waals surface area contributed by atoms with Gasteiger partial charge in [0.15, 0.2) is 17.6 Å². The Bertz CT molecular complexity index is 595. The summed E-state index contributed by atoms with van der Waals surface area (Å²) in [6.07, 6.45) is 5.16. The van der Waals surface area contributed by atoms with E-state index >= 15 is 0 Å². The number of fused-ring (bicyclic) bond motifs is 1. The maximum Gasteiger partial charge on any atom is 0.335 e. The largest absolute Gasteiger partial charge is 0.486 e. The van der Waals surface area contributed by atoms with Crippen molar-refractivity contribution in [3.8, 4) is 11.5 Å². The van der Waals surface area contributed by atoms with Crippen molar-refractivity contribution in [2.24, 2.45) is 0 Å². The zero-order valence-corrected chi connectivity index (χ0v) is 10.0. The van der Waals surface area contributed by atoms with Crippen LogP contribution in [0.15, 0.2) is 36.9 Å². The topological polar surface area (TPSA) is 73.6 Å². The van der Waals surface area contributed by atoms with Crippen molar-refractivity contribution in [2.45, 2.75) is 12.6 Å². The number of rotatable bonds is 3. The van der Waals surface area contributed by atoms with E-state index in [1.807, 2.05) is 10.8 Å². The average Bonchev–Trinajstić information content (AvgIpc) is 2.91. The molecule has 0 amide bonds. The lowest BCUT2D eigenvalue weighted by atomic mass is 10.2. The summed E-state index contributed by atoms with van der Waals surface area (Å²) < 4.78 is 13.2. The highest BCUT2D eigenvalue weighted by atomic mass is 16.6. The lowest BCUT2D eigenvalue weighted by Gasteiger charge is -2.26. The van der Waals surface area contributed by atoms with Crippen LogP contribution in [-0.2, 0) is 6.54 Å². The third-order valence-electron chi connectivity index (χ3n) is 2.88. The molecule has 1 unspecified atom stereocenters. The van der Waals surface area contributed by atoms with Crippen molar-refractivity contribution in [3.63, 3.8) is 0 Å². The Morgan fingerprint density at radius 2 is 2.37 bits per heavy atom. The first kappa shape index (κ1) is 11.6. The molecule has 1 aromatic carbocycles. The molecule has 19 heavy (non-hydrogen) atoms. The third kappa shape index (κ3) is 2.37. The van der Waals surface area contributed by atoms with Gasteiger partial charge in [0, 0.05) is 12.4 Å². The van der Waals surface area contributed by atoms with E-state index in [1.165, 1.54) is 12.1 Å². The van der Waals surface area contributed by atoms with E-state index in [0.29, 0.717) is 24.7 Å². The SMILES string of the molecule is O=C(O)c1ccc2c(c1)OCC(Cn1ccnc1)O2. The molecule has 2 aromatic rings. The molecule has 1 aliphatic rings. The molecule has 98 valence electrons.